The molecule has 3 N–H and O–H groups in total. The smallest absolute Gasteiger partial charge is 0.420 e. The number of alkyl halides is 3. The molecule has 2 aromatic carbocycles. The average Bonchev–Trinajstić information content (AvgIpc) is 2.84. The second kappa shape index (κ2) is 10.9. The Hall–Kier alpha value is -3.86. The summed E-state index contributed by atoms with van der Waals surface area (Å²) in [5, 5.41) is 14.1. The Balaban J connectivity index is 1.47. The zero-order valence-electron chi connectivity index (χ0n) is 20.5. The summed E-state index contributed by atoms with van der Waals surface area (Å²) >= 11 is 0. The maximum absolute atomic E-state index is 14.8. The summed E-state index contributed by atoms with van der Waals surface area (Å²) in [4.78, 5) is 24.3. The first-order valence-electron chi connectivity index (χ1n) is 12.0. The zero-order chi connectivity index (χ0) is 27.5. The summed E-state index contributed by atoms with van der Waals surface area (Å²) in [6.07, 6.45) is 0.0966. The van der Waals surface area contributed by atoms with Gasteiger partial charge in [0.25, 0.3) is 0 Å². The van der Waals surface area contributed by atoms with E-state index in [4.69, 9.17) is 9.47 Å². The number of hydrogen-bond donors (Lipinski definition) is 3. The van der Waals surface area contributed by atoms with Gasteiger partial charge in [-0.05, 0) is 73.7 Å². The van der Waals surface area contributed by atoms with Crippen molar-refractivity contribution in [3.63, 3.8) is 0 Å². The van der Waals surface area contributed by atoms with Gasteiger partial charge in [0.05, 0.1) is 24.5 Å². The Morgan fingerprint density at radius 2 is 1.89 bits per heavy atom. The molecule has 38 heavy (non-hydrogen) atoms. The lowest BCUT2D eigenvalue weighted by Gasteiger charge is -2.40. The van der Waals surface area contributed by atoms with E-state index < -0.39 is 41.5 Å². The predicted octanol–water partition coefficient (Wildman–Crippen LogP) is 6.06. The number of ketones is 1. The lowest BCUT2D eigenvalue weighted by molar-refractivity contribution is -0.142. The monoisotopic (exact) mass is 534 g/mol. The zero-order valence-corrected chi connectivity index (χ0v) is 20.5. The maximum Gasteiger partial charge on any atom is 0.420 e. The third-order valence-corrected chi connectivity index (χ3v) is 6.34. The van der Waals surface area contributed by atoms with Crippen molar-refractivity contribution in [1.29, 1.82) is 0 Å². The number of urea groups is 1. The molecule has 4 rings (SSSR count). The molecule has 7 nitrogen and oxygen atoms in total. The summed E-state index contributed by atoms with van der Waals surface area (Å²) < 4.78 is 66.7. The van der Waals surface area contributed by atoms with E-state index in [2.05, 4.69) is 10.6 Å². The van der Waals surface area contributed by atoms with Gasteiger partial charge in [0.2, 0.25) is 5.78 Å². The van der Waals surface area contributed by atoms with Crippen molar-refractivity contribution < 1.29 is 41.7 Å². The number of hydrogen-bond acceptors (Lipinski definition) is 5. The van der Waals surface area contributed by atoms with Crippen molar-refractivity contribution in [2.24, 2.45) is 0 Å². The maximum atomic E-state index is 14.8. The number of aliphatic hydroxyl groups is 1. The highest BCUT2D eigenvalue weighted by molar-refractivity contribution is 6.02. The van der Waals surface area contributed by atoms with Gasteiger partial charge in [0.1, 0.15) is 17.2 Å². The third kappa shape index (κ3) is 5.99. The SMILES string of the molecule is CCOC1=CC(c2ccc(NC(=O)Nc3ccc(OC4(CO)CCC4)c(C(F)(F)F)c3)c(F)c2)=CCC1=O. The molecule has 0 aliphatic heterocycles. The number of halogens is 4. The molecule has 2 aromatic rings. The lowest BCUT2D eigenvalue weighted by Crippen LogP contribution is -2.46. The number of amides is 2. The van der Waals surface area contributed by atoms with Crippen LogP contribution in [-0.2, 0) is 15.7 Å². The molecule has 0 bridgehead atoms. The number of ether oxygens (including phenoxy) is 2. The van der Waals surface area contributed by atoms with Crippen molar-refractivity contribution in [3.8, 4) is 5.75 Å². The van der Waals surface area contributed by atoms with Gasteiger partial charge in [0.15, 0.2) is 5.76 Å². The van der Waals surface area contributed by atoms with Crippen LogP contribution in [0.3, 0.4) is 0 Å². The summed E-state index contributed by atoms with van der Waals surface area (Å²) in [7, 11) is 0. The van der Waals surface area contributed by atoms with Crippen LogP contribution in [0, 0.1) is 5.82 Å². The fourth-order valence-corrected chi connectivity index (χ4v) is 4.16. The quantitative estimate of drug-likeness (QED) is 0.358. The second-order valence-electron chi connectivity index (χ2n) is 9.01. The number of nitrogens with one attached hydrogen (secondary N) is 2. The normalized spacial score (nSPS) is 16.6. The Morgan fingerprint density at radius 1 is 1.13 bits per heavy atom. The summed E-state index contributed by atoms with van der Waals surface area (Å²) in [6, 6.07) is 6.08. The van der Waals surface area contributed by atoms with Crippen LogP contribution in [0.1, 0.15) is 43.7 Å². The van der Waals surface area contributed by atoms with Crippen molar-refractivity contribution in [2.75, 3.05) is 23.8 Å². The van der Waals surface area contributed by atoms with E-state index in [1.54, 1.807) is 13.0 Å². The van der Waals surface area contributed by atoms with Crippen LogP contribution in [-0.4, -0.2) is 35.7 Å². The fraction of sp³-hybridized carbons (Fsp3) is 0.333. The molecule has 11 heteroatoms. The first-order valence-corrected chi connectivity index (χ1v) is 12.0. The summed E-state index contributed by atoms with van der Waals surface area (Å²) in [5.74, 6) is -1.23. The highest BCUT2D eigenvalue weighted by atomic mass is 19.4. The molecular weight excluding hydrogens is 508 g/mol. The topological polar surface area (TPSA) is 96.9 Å². The van der Waals surface area contributed by atoms with E-state index in [0.717, 1.165) is 18.6 Å². The molecule has 202 valence electrons. The Bertz CT molecular complexity index is 1290. The molecule has 2 amide bonds. The van der Waals surface area contributed by atoms with Gasteiger partial charge in [-0.15, -0.1) is 0 Å². The lowest BCUT2D eigenvalue weighted by atomic mass is 9.80. The molecule has 1 saturated carbocycles. The molecule has 0 spiro atoms. The van der Waals surface area contributed by atoms with Gasteiger partial charge >= 0.3 is 12.2 Å². The van der Waals surface area contributed by atoms with Gasteiger partial charge in [-0.3, -0.25) is 4.79 Å². The standard InChI is InChI=1S/C27H26F4N2O5/c1-2-37-24-13-17(5-8-22(24)35)16-4-7-21(20(28)12-16)33-25(36)32-18-6-9-23(19(14-18)27(29,30)31)38-26(15-34)10-3-11-26/h4-7,9,12-14,34H,2-3,8,10-11,15H2,1H3,(H2,32,33,36). The van der Waals surface area contributed by atoms with E-state index in [0.29, 0.717) is 30.6 Å². The molecule has 0 atom stereocenters. The highest BCUT2D eigenvalue weighted by Crippen LogP contribution is 2.43. The first-order chi connectivity index (χ1) is 18.0. The van der Waals surface area contributed by atoms with Crippen LogP contribution in [0.15, 0.2) is 54.3 Å². The Kier molecular flexibility index (Phi) is 7.77. The van der Waals surface area contributed by atoms with Crippen LogP contribution in [0.4, 0.5) is 33.7 Å². The van der Waals surface area contributed by atoms with Gasteiger partial charge in [-0.2, -0.15) is 13.2 Å². The van der Waals surface area contributed by atoms with Gasteiger partial charge < -0.3 is 25.2 Å². The van der Waals surface area contributed by atoms with E-state index in [9.17, 15) is 32.3 Å². The number of aliphatic hydroxyl groups excluding tert-OH is 1. The highest BCUT2D eigenvalue weighted by Gasteiger charge is 2.42. The number of carbonyl (C=O) groups excluding carboxylic acids is 2. The van der Waals surface area contributed by atoms with Crippen molar-refractivity contribution in [3.05, 3.63) is 71.3 Å². The van der Waals surface area contributed by atoms with E-state index >= 15 is 0 Å². The number of anilines is 2. The molecule has 0 unspecified atom stereocenters. The number of benzene rings is 2. The van der Waals surface area contributed by atoms with Crippen LogP contribution < -0.4 is 15.4 Å². The van der Waals surface area contributed by atoms with E-state index in [-0.39, 0.29) is 29.3 Å². The third-order valence-electron chi connectivity index (χ3n) is 6.34. The summed E-state index contributed by atoms with van der Waals surface area (Å²) in [5.41, 5.74) is -1.50. The predicted molar refractivity (Wildman–Crippen MR) is 132 cm³/mol. The number of carbonyl (C=O) groups is 2. The first kappa shape index (κ1) is 27.2. The van der Waals surface area contributed by atoms with E-state index in [1.165, 1.54) is 30.3 Å². The van der Waals surface area contributed by atoms with Crippen molar-refractivity contribution in [1.82, 2.24) is 0 Å². The Morgan fingerprint density at radius 3 is 2.50 bits per heavy atom. The summed E-state index contributed by atoms with van der Waals surface area (Å²) in [6.45, 7) is 1.64. The molecule has 0 aromatic heterocycles. The number of rotatable bonds is 8. The molecule has 0 saturated heterocycles. The van der Waals surface area contributed by atoms with Gasteiger partial charge in [-0.1, -0.05) is 12.1 Å². The van der Waals surface area contributed by atoms with Gasteiger partial charge in [0, 0.05) is 12.1 Å². The molecule has 1 fully saturated rings. The molecule has 0 heterocycles. The van der Waals surface area contributed by atoms with Crippen LogP contribution in [0.5, 0.6) is 5.75 Å². The van der Waals surface area contributed by atoms with Crippen molar-refractivity contribution >= 4 is 28.8 Å². The van der Waals surface area contributed by atoms with Crippen LogP contribution in [0.2, 0.25) is 0 Å². The Labute approximate surface area is 216 Å². The minimum absolute atomic E-state index is 0.107. The number of Topliss-reactive ketones (excluding diaryl/α,β-unsaturated/α-hetero) is 1. The van der Waals surface area contributed by atoms with E-state index in [1.807, 2.05) is 0 Å². The minimum atomic E-state index is -4.78. The van der Waals surface area contributed by atoms with Gasteiger partial charge in [-0.25, -0.2) is 9.18 Å². The van der Waals surface area contributed by atoms with Crippen LogP contribution in [0.25, 0.3) is 5.57 Å². The van der Waals surface area contributed by atoms with Crippen molar-refractivity contribution in [2.45, 2.75) is 44.4 Å². The second-order valence-corrected chi connectivity index (χ2v) is 9.01. The average molecular weight is 535 g/mol. The molecule has 0 radical (unpaired) electrons. The minimum Gasteiger partial charge on any atom is -0.490 e. The molecule has 2 aliphatic carbocycles. The number of allylic oxidation sites excluding steroid dienone is 4. The molecule has 2 aliphatic rings. The van der Waals surface area contributed by atoms with Crippen LogP contribution >= 0.6 is 0 Å². The molecular formula is C27H26F4N2O5. The fourth-order valence-electron chi connectivity index (χ4n) is 4.16. The largest absolute Gasteiger partial charge is 0.490 e.